The lowest BCUT2D eigenvalue weighted by molar-refractivity contribution is -0.155. The molecule has 1 rings (SSSR count). The highest BCUT2D eigenvalue weighted by atomic mass is 16.6. The molecule has 1 aliphatic heterocycles. The van der Waals surface area contributed by atoms with Crippen LogP contribution in [0.15, 0.2) is 0 Å². The number of esters is 2. The van der Waals surface area contributed by atoms with Gasteiger partial charge in [-0.2, -0.15) is 0 Å². The molecule has 1 aliphatic rings. The van der Waals surface area contributed by atoms with Crippen molar-refractivity contribution in [1.82, 2.24) is 0 Å². The number of Topliss-reactive ketones (excluding diaryl/α,β-unsaturated/α-hetero) is 1. The summed E-state index contributed by atoms with van der Waals surface area (Å²) in [6.07, 6.45) is 0. The molecule has 4 heteroatoms. The fourth-order valence-electron chi connectivity index (χ4n) is 0.514. The number of hydrogen-bond acceptors (Lipinski definition) is 4. The van der Waals surface area contributed by atoms with E-state index in [0.717, 1.165) is 0 Å². The summed E-state index contributed by atoms with van der Waals surface area (Å²) in [5.41, 5.74) is 0. The Morgan fingerprint density at radius 2 is 1.89 bits per heavy atom. The lowest BCUT2D eigenvalue weighted by atomic mass is 10.1. The smallest absolute Gasteiger partial charge is 0.383 e. The molecule has 0 radical (unpaired) electrons. The standard InChI is InChI=1S/C5H4O4/c1-2-3(6)5(8)9-4(2)7/h2H,1H3. The van der Waals surface area contributed by atoms with Crippen molar-refractivity contribution < 1.29 is 19.1 Å². The topological polar surface area (TPSA) is 60.4 Å². The van der Waals surface area contributed by atoms with Crippen LogP contribution in [0.1, 0.15) is 6.92 Å². The number of cyclic esters (lactones) is 2. The summed E-state index contributed by atoms with van der Waals surface area (Å²) in [6.45, 7) is 1.34. The fraction of sp³-hybridized carbons (Fsp3) is 0.400. The number of hydrogen-bond donors (Lipinski definition) is 0. The Labute approximate surface area is 50.8 Å². The van der Waals surface area contributed by atoms with Gasteiger partial charge in [-0.05, 0) is 6.92 Å². The SMILES string of the molecule is CC1C(=O)OC(=O)C1=O. The minimum absolute atomic E-state index is 0.745. The maximum atomic E-state index is 10.4. The van der Waals surface area contributed by atoms with Crippen molar-refractivity contribution in [3.63, 3.8) is 0 Å². The van der Waals surface area contributed by atoms with Gasteiger partial charge in [0.25, 0.3) is 5.78 Å². The van der Waals surface area contributed by atoms with Crippen molar-refractivity contribution >= 4 is 17.7 Å². The molecule has 1 saturated heterocycles. The molecule has 0 aliphatic carbocycles. The van der Waals surface area contributed by atoms with Gasteiger partial charge in [0.1, 0.15) is 5.92 Å². The first-order valence-electron chi connectivity index (χ1n) is 2.43. The van der Waals surface area contributed by atoms with Crippen molar-refractivity contribution in [3.8, 4) is 0 Å². The molecular formula is C5H4O4. The average molecular weight is 128 g/mol. The van der Waals surface area contributed by atoms with Crippen molar-refractivity contribution in [2.45, 2.75) is 6.92 Å². The second-order valence-corrected chi connectivity index (χ2v) is 1.79. The minimum atomic E-state index is -1.03. The highest BCUT2D eigenvalue weighted by Gasteiger charge is 2.39. The van der Waals surface area contributed by atoms with Crippen LogP contribution in [0.2, 0.25) is 0 Å². The predicted molar refractivity (Wildman–Crippen MR) is 25.3 cm³/mol. The summed E-state index contributed by atoms with van der Waals surface area (Å²) >= 11 is 0. The zero-order valence-electron chi connectivity index (χ0n) is 4.71. The molecule has 0 aromatic rings. The zero-order valence-corrected chi connectivity index (χ0v) is 4.71. The normalized spacial score (nSPS) is 26.8. The lowest BCUT2D eigenvalue weighted by Crippen LogP contribution is -2.12. The molecule has 48 valence electrons. The summed E-state index contributed by atoms with van der Waals surface area (Å²) in [7, 11) is 0. The quantitative estimate of drug-likeness (QED) is 0.245. The van der Waals surface area contributed by atoms with Crippen LogP contribution in [0.3, 0.4) is 0 Å². The average Bonchev–Trinajstić information content (AvgIpc) is 1.98. The second-order valence-electron chi connectivity index (χ2n) is 1.79. The van der Waals surface area contributed by atoms with Crippen LogP contribution in [0.4, 0.5) is 0 Å². The second kappa shape index (κ2) is 1.65. The van der Waals surface area contributed by atoms with Crippen LogP contribution in [0.5, 0.6) is 0 Å². The molecule has 1 heterocycles. The van der Waals surface area contributed by atoms with Crippen LogP contribution in [-0.2, 0) is 19.1 Å². The summed E-state index contributed by atoms with van der Waals surface area (Å²) < 4.78 is 3.96. The Morgan fingerprint density at radius 1 is 1.33 bits per heavy atom. The number of carbonyl (C=O) groups is 3. The van der Waals surface area contributed by atoms with Gasteiger partial charge in [-0.1, -0.05) is 0 Å². The lowest BCUT2D eigenvalue weighted by Gasteiger charge is -1.85. The molecule has 0 N–H and O–H groups in total. The van der Waals surface area contributed by atoms with Crippen molar-refractivity contribution in [1.29, 1.82) is 0 Å². The monoisotopic (exact) mass is 128 g/mol. The number of ketones is 1. The summed E-state index contributed by atoms with van der Waals surface area (Å²) in [6, 6.07) is 0. The summed E-state index contributed by atoms with van der Waals surface area (Å²) in [5.74, 6) is -3.42. The third kappa shape index (κ3) is 0.718. The number of ether oxygens (including phenoxy) is 1. The minimum Gasteiger partial charge on any atom is -0.387 e. The first-order chi connectivity index (χ1) is 4.13. The van der Waals surface area contributed by atoms with E-state index >= 15 is 0 Å². The molecule has 0 aromatic heterocycles. The zero-order chi connectivity index (χ0) is 7.02. The first kappa shape index (κ1) is 5.94. The van der Waals surface area contributed by atoms with E-state index in [1.165, 1.54) is 6.92 Å². The Morgan fingerprint density at radius 3 is 2.00 bits per heavy atom. The van der Waals surface area contributed by atoms with Crippen molar-refractivity contribution in [2.24, 2.45) is 5.92 Å². The van der Waals surface area contributed by atoms with Crippen LogP contribution in [0, 0.1) is 5.92 Å². The summed E-state index contributed by atoms with van der Waals surface area (Å²) in [4.78, 5) is 31.0. The van der Waals surface area contributed by atoms with Crippen LogP contribution >= 0.6 is 0 Å². The van der Waals surface area contributed by atoms with Crippen LogP contribution in [-0.4, -0.2) is 17.7 Å². The van der Waals surface area contributed by atoms with E-state index in [-0.39, 0.29) is 0 Å². The summed E-state index contributed by atoms with van der Waals surface area (Å²) in [5, 5.41) is 0. The van der Waals surface area contributed by atoms with Gasteiger partial charge in [0.05, 0.1) is 0 Å². The molecule has 1 fully saturated rings. The number of carbonyl (C=O) groups excluding carboxylic acids is 3. The van der Waals surface area contributed by atoms with E-state index in [1.54, 1.807) is 0 Å². The van der Waals surface area contributed by atoms with E-state index in [1.807, 2.05) is 0 Å². The van der Waals surface area contributed by atoms with Crippen molar-refractivity contribution in [2.75, 3.05) is 0 Å². The van der Waals surface area contributed by atoms with Gasteiger partial charge in [0, 0.05) is 0 Å². The molecule has 0 aromatic carbocycles. The van der Waals surface area contributed by atoms with Gasteiger partial charge < -0.3 is 4.74 Å². The van der Waals surface area contributed by atoms with Gasteiger partial charge >= 0.3 is 11.9 Å². The van der Waals surface area contributed by atoms with E-state index in [2.05, 4.69) is 4.74 Å². The van der Waals surface area contributed by atoms with Gasteiger partial charge in [-0.3, -0.25) is 9.59 Å². The third-order valence-electron chi connectivity index (χ3n) is 1.14. The van der Waals surface area contributed by atoms with Gasteiger partial charge in [0.15, 0.2) is 0 Å². The molecule has 1 unspecified atom stereocenters. The fourth-order valence-corrected chi connectivity index (χ4v) is 0.514. The first-order valence-corrected chi connectivity index (χ1v) is 2.43. The molecule has 0 amide bonds. The van der Waals surface area contributed by atoms with Gasteiger partial charge in [-0.25, -0.2) is 4.79 Å². The Kier molecular flexibility index (Phi) is 1.09. The maximum absolute atomic E-state index is 10.4. The molecule has 9 heavy (non-hydrogen) atoms. The number of rotatable bonds is 0. The molecular weight excluding hydrogens is 124 g/mol. The highest BCUT2D eigenvalue weighted by molar-refractivity contribution is 6.43. The largest absolute Gasteiger partial charge is 0.387 e. The predicted octanol–water partition coefficient (Wildman–Crippen LogP) is -0.725. The van der Waals surface area contributed by atoms with Gasteiger partial charge in [-0.15, -0.1) is 0 Å². The Hall–Kier alpha value is -1.19. The molecule has 0 saturated carbocycles. The van der Waals surface area contributed by atoms with E-state index < -0.39 is 23.6 Å². The van der Waals surface area contributed by atoms with E-state index in [0.29, 0.717) is 0 Å². The van der Waals surface area contributed by atoms with E-state index in [9.17, 15) is 14.4 Å². The Balaban J connectivity index is 2.90. The van der Waals surface area contributed by atoms with Crippen LogP contribution < -0.4 is 0 Å². The Bertz CT molecular complexity index is 193. The highest BCUT2D eigenvalue weighted by Crippen LogP contribution is 2.09. The van der Waals surface area contributed by atoms with Crippen molar-refractivity contribution in [3.05, 3.63) is 0 Å². The molecule has 0 spiro atoms. The molecule has 1 atom stereocenters. The maximum Gasteiger partial charge on any atom is 0.383 e. The molecule has 0 bridgehead atoms. The van der Waals surface area contributed by atoms with Crippen LogP contribution in [0.25, 0.3) is 0 Å². The van der Waals surface area contributed by atoms with Gasteiger partial charge in [0.2, 0.25) is 0 Å². The third-order valence-corrected chi connectivity index (χ3v) is 1.14. The molecule has 4 nitrogen and oxygen atoms in total. The van der Waals surface area contributed by atoms with E-state index in [4.69, 9.17) is 0 Å².